The molecule has 0 aliphatic rings. The Morgan fingerprint density at radius 1 is 1.07 bits per heavy atom. The van der Waals surface area contributed by atoms with Gasteiger partial charge in [0, 0.05) is 11.9 Å². The molecule has 142 valence electrons. The molecule has 3 aromatic rings. The summed E-state index contributed by atoms with van der Waals surface area (Å²) in [6, 6.07) is 13.6. The Morgan fingerprint density at radius 3 is 2.33 bits per heavy atom. The number of sulfonamides is 1. The molecule has 0 saturated heterocycles. The molecule has 0 radical (unpaired) electrons. The van der Waals surface area contributed by atoms with Gasteiger partial charge in [-0.05, 0) is 23.8 Å². The van der Waals surface area contributed by atoms with Crippen molar-refractivity contribution in [2.45, 2.75) is 17.7 Å². The summed E-state index contributed by atoms with van der Waals surface area (Å²) in [6.45, 7) is 0.113. The molecule has 0 bridgehead atoms. The van der Waals surface area contributed by atoms with Crippen LogP contribution in [0.25, 0.3) is 10.9 Å². The molecule has 2 N–H and O–H groups in total. The van der Waals surface area contributed by atoms with Crippen LogP contribution in [0.2, 0.25) is 0 Å². The first-order chi connectivity index (χ1) is 12.6. The fraction of sp³-hybridized carbons (Fsp3) is 0.118. The van der Waals surface area contributed by atoms with Crippen LogP contribution in [0.15, 0.2) is 59.5 Å². The molecule has 10 heteroatoms. The minimum absolute atomic E-state index is 0.109. The molecule has 3 rings (SSSR count). The van der Waals surface area contributed by atoms with E-state index < -0.39 is 27.2 Å². The van der Waals surface area contributed by atoms with Crippen molar-refractivity contribution in [1.82, 2.24) is 9.29 Å². The number of alkyl halides is 3. The van der Waals surface area contributed by atoms with E-state index in [9.17, 15) is 31.5 Å². The van der Waals surface area contributed by atoms with Gasteiger partial charge in [0.25, 0.3) is 0 Å². The van der Waals surface area contributed by atoms with Gasteiger partial charge in [-0.2, -0.15) is 13.2 Å². The van der Waals surface area contributed by atoms with Crippen molar-refractivity contribution in [2.24, 2.45) is 0 Å². The number of nitrogens with zero attached hydrogens (tertiary/aromatic N) is 1. The highest BCUT2D eigenvalue weighted by Gasteiger charge is 2.36. The number of hydrogen-bond donors (Lipinski definition) is 2. The monoisotopic (exact) mass is 398 g/mol. The number of benzene rings is 2. The molecule has 0 spiro atoms. The summed E-state index contributed by atoms with van der Waals surface area (Å²) in [4.78, 5) is 11.0. The second-order valence-electron chi connectivity index (χ2n) is 5.70. The molecule has 1 heterocycles. The van der Waals surface area contributed by atoms with Gasteiger partial charge in [-0.25, -0.2) is 13.2 Å². The molecule has 1 aromatic heterocycles. The van der Waals surface area contributed by atoms with Crippen LogP contribution in [0.4, 0.5) is 13.2 Å². The molecule has 0 fully saturated rings. The fourth-order valence-electron chi connectivity index (χ4n) is 2.81. The zero-order valence-corrected chi connectivity index (χ0v) is 14.4. The number of carboxylic acids is 1. The summed E-state index contributed by atoms with van der Waals surface area (Å²) in [5.74, 6) is -1.32. The third kappa shape index (κ3) is 3.96. The van der Waals surface area contributed by atoms with E-state index in [1.807, 2.05) is 0 Å². The van der Waals surface area contributed by atoms with Crippen molar-refractivity contribution in [1.29, 1.82) is 0 Å². The Kier molecular flexibility index (Phi) is 4.70. The predicted octanol–water partition coefficient (Wildman–Crippen LogP) is 3.19. The van der Waals surface area contributed by atoms with E-state index in [0.29, 0.717) is 4.72 Å². The van der Waals surface area contributed by atoms with Crippen molar-refractivity contribution in [2.75, 3.05) is 0 Å². The van der Waals surface area contributed by atoms with Gasteiger partial charge in [-0.3, -0.25) is 0 Å². The minimum Gasteiger partial charge on any atom is -0.477 e. The Morgan fingerprint density at radius 2 is 1.74 bits per heavy atom. The van der Waals surface area contributed by atoms with Crippen LogP contribution < -0.4 is 4.72 Å². The number of nitrogens with one attached hydrogen (secondary N) is 1. The first-order valence-corrected chi connectivity index (χ1v) is 9.07. The van der Waals surface area contributed by atoms with Crippen molar-refractivity contribution in [3.8, 4) is 0 Å². The van der Waals surface area contributed by atoms with E-state index in [1.165, 1.54) is 16.7 Å². The van der Waals surface area contributed by atoms with Crippen LogP contribution >= 0.6 is 0 Å². The van der Waals surface area contributed by atoms with Gasteiger partial charge in [0.05, 0.1) is 10.4 Å². The van der Waals surface area contributed by atoms with E-state index in [0.717, 1.165) is 17.7 Å². The zero-order chi connectivity index (χ0) is 19.8. The molecular formula is C17H13F3N2O4S. The Labute approximate surface area is 151 Å². The van der Waals surface area contributed by atoms with E-state index in [1.54, 1.807) is 30.3 Å². The van der Waals surface area contributed by atoms with E-state index >= 15 is 0 Å². The number of halogens is 3. The molecular weight excluding hydrogens is 385 g/mol. The van der Waals surface area contributed by atoms with Crippen LogP contribution in [-0.2, 0) is 16.6 Å². The molecule has 0 saturated carbocycles. The maximum absolute atomic E-state index is 12.5. The standard InChI is InChI=1S/C17H13F3N2O4S/c18-17(19,20)21-27(25,26)15-8-4-7-13-12(15)9-14(16(23)24)22(13)10-11-5-2-1-3-6-11/h1-9,21H,10H2,(H,23,24). The van der Waals surface area contributed by atoms with Gasteiger partial charge in [-0.1, -0.05) is 36.4 Å². The number of aromatic nitrogens is 1. The lowest BCUT2D eigenvalue weighted by Gasteiger charge is -2.11. The lowest BCUT2D eigenvalue weighted by molar-refractivity contribution is -0.138. The van der Waals surface area contributed by atoms with E-state index in [4.69, 9.17) is 0 Å². The number of carboxylic acid groups (broad SMARTS) is 1. The Hall–Kier alpha value is -2.85. The summed E-state index contributed by atoms with van der Waals surface area (Å²) >= 11 is 0. The van der Waals surface area contributed by atoms with Crippen molar-refractivity contribution >= 4 is 26.9 Å². The topological polar surface area (TPSA) is 88.4 Å². The maximum Gasteiger partial charge on any atom is 0.470 e. The fourth-order valence-corrected chi connectivity index (χ4v) is 3.94. The highest BCUT2D eigenvalue weighted by molar-refractivity contribution is 7.89. The number of carbonyl (C=O) groups is 1. The second kappa shape index (κ2) is 6.71. The molecule has 0 unspecified atom stereocenters. The first kappa shape index (κ1) is 18.9. The number of rotatable bonds is 5. The van der Waals surface area contributed by atoms with Gasteiger partial charge in [0.2, 0.25) is 10.0 Å². The van der Waals surface area contributed by atoms with Gasteiger partial charge in [0.15, 0.2) is 0 Å². The summed E-state index contributed by atoms with van der Waals surface area (Å²) in [5.41, 5.74) is 0.712. The van der Waals surface area contributed by atoms with Crippen LogP contribution in [0, 0.1) is 0 Å². The van der Waals surface area contributed by atoms with Crippen molar-refractivity contribution in [3.05, 3.63) is 65.9 Å². The highest BCUT2D eigenvalue weighted by Crippen LogP contribution is 2.29. The molecule has 0 atom stereocenters. The lowest BCUT2D eigenvalue weighted by Crippen LogP contribution is -2.37. The van der Waals surface area contributed by atoms with Crippen molar-refractivity contribution < 1.29 is 31.5 Å². The van der Waals surface area contributed by atoms with Crippen LogP contribution in [-0.4, -0.2) is 30.4 Å². The highest BCUT2D eigenvalue weighted by atomic mass is 32.2. The molecule has 0 aliphatic heterocycles. The van der Waals surface area contributed by atoms with E-state index in [-0.39, 0.29) is 23.1 Å². The van der Waals surface area contributed by atoms with E-state index in [2.05, 4.69) is 0 Å². The van der Waals surface area contributed by atoms with Gasteiger partial charge in [0.1, 0.15) is 5.69 Å². The average molecular weight is 398 g/mol. The predicted molar refractivity (Wildman–Crippen MR) is 90.8 cm³/mol. The summed E-state index contributed by atoms with van der Waals surface area (Å²) in [5, 5.41) is 9.35. The van der Waals surface area contributed by atoms with Gasteiger partial charge >= 0.3 is 12.3 Å². The molecule has 6 nitrogen and oxygen atoms in total. The Balaban J connectivity index is 2.20. The number of aromatic carboxylic acids is 1. The largest absolute Gasteiger partial charge is 0.477 e. The lowest BCUT2D eigenvalue weighted by atomic mass is 10.2. The van der Waals surface area contributed by atoms with Gasteiger partial charge < -0.3 is 9.67 Å². The Bertz CT molecular complexity index is 1110. The number of hydrogen-bond acceptors (Lipinski definition) is 3. The molecule has 0 amide bonds. The smallest absolute Gasteiger partial charge is 0.470 e. The average Bonchev–Trinajstić information content (AvgIpc) is 2.92. The normalized spacial score (nSPS) is 12.4. The summed E-state index contributed by atoms with van der Waals surface area (Å²) in [7, 11) is -4.93. The summed E-state index contributed by atoms with van der Waals surface area (Å²) in [6.07, 6.45) is -5.15. The SMILES string of the molecule is O=C(O)c1cc2c(S(=O)(=O)NC(F)(F)F)cccc2n1Cc1ccccc1. The molecule has 2 aromatic carbocycles. The maximum atomic E-state index is 12.5. The first-order valence-electron chi connectivity index (χ1n) is 7.59. The third-order valence-electron chi connectivity index (χ3n) is 3.85. The third-order valence-corrected chi connectivity index (χ3v) is 5.28. The van der Waals surface area contributed by atoms with Crippen LogP contribution in [0.3, 0.4) is 0 Å². The zero-order valence-electron chi connectivity index (χ0n) is 13.6. The molecule has 0 aliphatic carbocycles. The van der Waals surface area contributed by atoms with Crippen LogP contribution in [0.1, 0.15) is 16.1 Å². The van der Waals surface area contributed by atoms with Crippen molar-refractivity contribution in [3.63, 3.8) is 0 Å². The molecule has 27 heavy (non-hydrogen) atoms. The number of fused-ring (bicyclic) bond motifs is 1. The van der Waals surface area contributed by atoms with Gasteiger partial charge in [-0.15, -0.1) is 4.72 Å². The van der Waals surface area contributed by atoms with Crippen LogP contribution in [0.5, 0.6) is 0 Å². The quantitative estimate of drug-likeness (QED) is 0.646. The minimum atomic E-state index is -5.15. The summed E-state index contributed by atoms with van der Waals surface area (Å²) < 4.78 is 63.9. The second-order valence-corrected chi connectivity index (χ2v) is 7.35.